The molecule has 0 aromatic heterocycles. The zero-order valence-electron chi connectivity index (χ0n) is 9.00. The number of nitrogens with one attached hydrogen (secondary N) is 2. The summed E-state index contributed by atoms with van der Waals surface area (Å²) in [6.07, 6.45) is 0.117. The van der Waals surface area contributed by atoms with Gasteiger partial charge in [-0.1, -0.05) is 23.7 Å². The summed E-state index contributed by atoms with van der Waals surface area (Å²) in [5.74, 6) is -0.212. The molecule has 0 aliphatic carbocycles. The molecule has 0 spiro atoms. The van der Waals surface area contributed by atoms with Crippen molar-refractivity contribution in [2.24, 2.45) is 0 Å². The number of hydrogen-bond acceptors (Lipinski definition) is 2. The highest BCUT2D eigenvalue weighted by Gasteiger charge is 2.06. The van der Waals surface area contributed by atoms with E-state index in [-0.39, 0.29) is 12.3 Å². The molecule has 1 aromatic carbocycles. The Labute approximate surface area is 109 Å². The van der Waals surface area contributed by atoms with Crippen molar-refractivity contribution in [3.63, 3.8) is 0 Å². The zero-order chi connectivity index (χ0) is 12.7. The molecule has 0 saturated carbocycles. The molecular formula is C11H12Cl2N2O2. The van der Waals surface area contributed by atoms with E-state index in [4.69, 9.17) is 23.2 Å². The van der Waals surface area contributed by atoms with Crippen LogP contribution in [0.1, 0.15) is 12.0 Å². The van der Waals surface area contributed by atoms with Gasteiger partial charge in [0.05, 0.1) is 0 Å². The lowest BCUT2D eigenvalue weighted by Gasteiger charge is -2.06. The van der Waals surface area contributed by atoms with E-state index in [2.05, 4.69) is 10.6 Å². The molecule has 17 heavy (non-hydrogen) atoms. The average molecular weight is 275 g/mol. The smallest absolute Gasteiger partial charge is 0.321 e. The monoisotopic (exact) mass is 274 g/mol. The number of carbonyl (C=O) groups is 2. The molecule has 0 fully saturated rings. The highest BCUT2D eigenvalue weighted by Crippen LogP contribution is 2.09. The minimum Gasteiger partial charge on any atom is -0.334 e. The van der Waals surface area contributed by atoms with E-state index in [1.807, 2.05) is 6.07 Å². The molecule has 0 atom stereocenters. The topological polar surface area (TPSA) is 58.2 Å². The van der Waals surface area contributed by atoms with Gasteiger partial charge in [0.2, 0.25) is 5.91 Å². The Morgan fingerprint density at radius 2 is 2.06 bits per heavy atom. The number of urea groups is 1. The Kier molecular flexibility index (Phi) is 5.80. The van der Waals surface area contributed by atoms with E-state index >= 15 is 0 Å². The molecule has 0 unspecified atom stereocenters. The normalized spacial score (nSPS) is 9.76. The fourth-order valence-electron chi connectivity index (χ4n) is 1.15. The molecule has 0 bridgehead atoms. The van der Waals surface area contributed by atoms with Gasteiger partial charge in [-0.25, -0.2) is 4.79 Å². The second-order valence-electron chi connectivity index (χ2n) is 3.30. The van der Waals surface area contributed by atoms with Crippen LogP contribution in [0.15, 0.2) is 24.3 Å². The van der Waals surface area contributed by atoms with Crippen LogP contribution in [0, 0.1) is 0 Å². The van der Waals surface area contributed by atoms with Crippen molar-refractivity contribution in [1.29, 1.82) is 0 Å². The summed E-state index contributed by atoms with van der Waals surface area (Å²) in [6.45, 7) is 0.306. The minimum atomic E-state index is -0.542. The second-order valence-corrected chi connectivity index (χ2v) is 4.11. The van der Waals surface area contributed by atoms with Crippen LogP contribution in [-0.2, 0) is 11.3 Å². The Balaban J connectivity index is 2.35. The largest absolute Gasteiger partial charge is 0.334 e. The number of benzene rings is 1. The Hall–Kier alpha value is -1.26. The summed E-state index contributed by atoms with van der Waals surface area (Å²) >= 11 is 11.2. The van der Waals surface area contributed by atoms with Crippen molar-refractivity contribution in [1.82, 2.24) is 10.6 Å². The first-order valence-corrected chi connectivity index (χ1v) is 5.91. The summed E-state index contributed by atoms with van der Waals surface area (Å²) < 4.78 is 0. The van der Waals surface area contributed by atoms with E-state index in [0.29, 0.717) is 11.6 Å². The van der Waals surface area contributed by atoms with Crippen molar-refractivity contribution in [2.75, 3.05) is 5.88 Å². The second kappa shape index (κ2) is 7.14. The Bertz CT molecular complexity index is 410. The van der Waals surface area contributed by atoms with Crippen molar-refractivity contribution in [2.45, 2.75) is 13.0 Å². The molecule has 0 radical (unpaired) electrons. The molecule has 4 nitrogen and oxygen atoms in total. The number of amides is 3. The lowest BCUT2D eigenvalue weighted by Crippen LogP contribution is -2.39. The van der Waals surface area contributed by atoms with Crippen molar-refractivity contribution >= 4 is 35.1 Å². The van der Waals surface area contributed by atoms with Crippen LogP contribution in [-0.4, -0.2) is 17.8 Å². The van der Waals surface area contributed by atoms with Gasteiger partial charge in [-0.2, -0.15) is 0 Å². The van der Waals surface area contributed by atoms with Crippen LogP contribution in [0.25, 0.3) is 0 Å². The van der Waals surface area contributed by atoms with Gasteiger partial charge in [0, 0.05) is 23.9 Å². The summed E-state index contributed by atoms with van der Waals surface area (Å²) in [6, 6.07) is 6.56. The van der Waals surface area contributed by atoms with Crippen molar-refractivity contribution in [3.05, 3.63) is 34.9 Å². The van der Waals surface area contributed by atoms with Gasteiger partial charge in [-0.05, 0) is 17.7 Å². The molecule has 1 rings (SSSR count). The molecule has 2 N–H and O–H groups in total. The Morgan fingerprint density at radius 1 is 1.29 bits per heavy atom. The van der Waals surface area contributed by atoms with Crippen molar-refractivity contribution < 1.29 is 9.59 Å². The van der Waals surface area contributed by atoms with Gasteiger partial charge in [-0.3, -0.25) is 10.1 Å². The third kappa shape index (κ3) is 5.56. The SMILES string of the molecule is O=C(CCCl)NC(=O)NCc1cccc(Cl)c1. The minimum absolute atomic E-state index is 0.117. The molecule has 0 heterocycles. The fourth-order valence-corrected chi connectivity index (χ4v) is 1.53. The number of hydrogen-bond donors (Lipinski definition) is 2. The summed E-state index contributed by atoms with van der Waals surface area (Å²) in [4.78, 5) is 22.3. The number of alkyl halides is 1. The van der Waals surface area contributed by atoms with Crippen LogP contribution >= 0.6 is 23.2 Å². The summed E-state index contributed by atoms with van der Waals surface area (Å²) in [5.41, 5.74) is 0.859. The first-order valence-electron chi connectivity index (χ1n) is 5.00. The quantitative estimate of drug-likeness (QED) is 0.828. The summed E-state index contributed by atoms with van der Waals surface area (Å²) in [5, 5.41) is 5.30. The molecule has 6 heteroatoms. The van der Waals surface area contributed by atoms with E-state index in [1.54, 1.807) is 18.2 Å². The highest BCUT2D eigenvalue weighted by atomic mass is 35.5. The third-order valence-corrected chi connectivity index (χ3v) is 2.34. The maximum absolute atomic E-state index is 11.3. The van der Waals surface area contributed by atoms with Crippen LogP contribution in [0.5, 0.6) is 0 Å². The van der Waals surface area contributed by atoms with Crippen LogP contribution in [0.4, 0.5) is 4.79 Å². The molecule has 1 aromatic rings. The van der Waals surface area contributed by atoms with E-state index < -0.39 is 11.9 Å². The third-order valence-electron chi connectivity index (χ3n) is 1.92. The lowest BCUT2D eigenvalue weighted by molar-refractivity contribution is -0.119. The first-order chi connectivity index (χ1) is 8.11. The number of imide groups is 1. The predicted molar refractivity (Wildman–Crippen MR) is 67.2 cm³/mol. The molecule has 92 valence electrons. The maximum atomic E-state index is 11.3. The highest BCUT2D eigenvalue weighted by molar-refractivity contribution is 6.30. The van der Waals surface area contributed by atoms with Gasteiger partial charge < -0.3 is 5.32 Å². The average Bonchev–Trinajstić information content (AvgIpc) is 2.27. The van der Waals surface area contributed by atoms with Gasteiger partial charge in [0.25, 0.3) is 0 Å². The van der Waals surface area contributed by atoms with Crippen LogP contribution < -0.4 is 10.6 Å². The number of halogens is 2. The number of carbonyl (C=O) groups excluding carboxylic acids is 2. The maximum Gasteiger partial charge on any atom is 0.321 e. The molecule has 0 aliphatic rings. The summed E-state index contributed by atoms with van der Waals surface area (Å²) in [7, 11) is 0. The van der Waals surface area contributed by atoms with Gasteiger partial charge in [-0.15, -0.1) is 11.6 Å². The van der Waals surface area contributed by atoms with E-state index in [0.717, 1.165) is 5.56 Å². The lowest BCUT2D eigenvalue weighted by atomic mass is 10.2. The molecule has 0 aliphatic heterocycles. The zero-order valence-corrected chi connectivity index (χ0v) is 10.5. The Morgan fingerprint density at radius 3 is 2.71 bits per heavy atom. The van der Waals surface area contributed by atoms with Gasteiger partial charge in [0.1, 0.15) is 0 Å². The standard InChI is InChI=1S/C11H12Cl2N2O2/c12-5-4-10(16)15-11(17)14-7-8-2-1-3-9(13)6-8/h1-3,6H,4-5,7H2,(H2,14,15,16,17). The van der Waals surface area contributed by atoms with E-state index in [9.17, 15) is 9.59 Å². The molecule has 0 saturated heterocycles. The van der Waals surface area contributed by atoms with Gasteiger partial charge in [0.15, 0.2) is 0 Å². The fraction of sp³-hybridized carbons (Fsp3) is 0.273. The van der Waals surface area contributed by atoms with Crippen LogP contribution in [0.3, 0.4) is 0 Å². The van der Waals surface area contributed by atoms with Gasteiger partial charge >= 0.3 is 6.03 Å². The van der Waals surface area contributed by atoms with E-state index in [1.165, 1.54) is 0 Å². The van der Waals surface area contributed by atoms with Crippen molar-refractivity contribution in [3.8, 4) is 0 Å². The molecule has 3 amide bonds. The van der Waals surface area contributed by atoms with Crippen LogP contribution in [0.2, 0.25) is 5.02 Å². The predicted octanol–water partition coefficient (Wildman–Crippen LogP) is 2.29. The molecular weight excluding hydrogens is 263 g/mol. The first kappa shape index (κ1) is 13.8. The number of rotatable bonds is 4.